The van der Waals surface area contributed by atoms with Gasteiger partial charge >= 0.3 is 0 Å². The molecule has 1 aliphatic carbocycles. The first kappa shape index (κ1) is 11.9. The van der Waals surface area contributed by atoms with E-state index < -0.39 is 5.82 Å². The number of hydrogen-bond acceptors (Lipinski definition) is 2. The van der Waals surface area contributed by atoms with Gasteiger partial charge in [-0.1, -0.05) is 31.7 Å². The van der Waals surface area contributed by atoms with E-state index in [0.29, 0.717) is 5.69 Å². The van der Waals surface area contributed by atoms with E-state index in [1.54, 1.807) is 12.1 Å². The summed E-state index contributed by atoms with van der Waals surface area (Å²) in [5.41, 5.74) is 0.740. The summed E-state index contributed by atoms with van der Waals surface area (Å²) in [5.74, 6) is 0.361. The third-order valence-electron chi connectivity index (χ3n) is 3.47. The smallest absolute Gasteiger partial charge is 0.143 e. The van der Waals surface area contributed by atoms with E-state index in [0.717, 1.165) is 18.9 Å². The van der Waals surface area contributed by atoms with Crippen LogP contribution < -0.4 is 5.32 Å². The van der Waals surface area contributed by atoms with Crippen LogP contribution in [0.5, 0.6) is 0 Å². The quantitative estimate of drug-likeness (QED) is 0.859. The summed E-state index contributed by atoms with van der Waals surface area (Å²) in [6.07, 6.45) is 6.43. The van der Waals surface area contributed by atoms with E-state index in [-0.39, 0.29) is 5.56 Å². The van der Waals surface area contributed by atoms with Gasteiger partial charge in [0, 0.05) is 6.54 Å². The molecule has 1 N–H and O–H groups in total. The molecule has 2 rings (SSSR count). The van der Waals surface area contributed by atoms with Gasteiger partial charge in [0.25, 0.3) is 0 Å². The van der Waals surface area contributed by atoms with Crippen molar-refractivity contribution in [3.05, 3.63) is 29.6 Å². The molecular weight excluding hydrogens is 215 g/mol. The predicted octanol–water partition coefficient (Wildman–Crippen LogP) is 3.69. The van der Waals surface area contributed by atoms with Crippen LogP contribution in [0.2, 0.25) is 0 Å². The Hall–Kier alpha value is -1.56. The van der Waals surface area contributed by atoms with Gasteiger partial charge in [0.2, 0.25) is 0 Å². The molecular formula is C14H17FN2. The van der Waals surface area contributed by atoms with E-state index in [1.165, 1.54) is 31.7 Å². The van der Waals surface area contributed by atoms with E-state index in [1.807, 2.05) is 6.07 Å². The molecule has 0 saturated heterocycles. The highest BCUT2D eigenvalue weighted by molar-refractivity contribution is 5.57. The van der Waals surface area contributed by atoms with Crippen molar-refractivity contribution in [2.24, 2.45) is 5.92 Å². The Kier molecular flexibility index (Phi) is 3.98. The maximum Gasteiger partial charge on any atom is 0.143 e. The second kappa shape index (κ2) is 5.67. The number of nitrogens with one attached hydrogen (secondary N) is 1. The molecule has 3 heteroatoms. The number of nitrogens with zero attached hydrogens (tertiary/aromatic N) is 1. The second-order valence-electron chi connectivity index (χ2n) is 4.64. The molecule has 0 atom stereocenters. The molecule has 0 aliphatic heterocycles. The lowest BCUT2D eigenvalue weighted by Crippen LogP contribution is -2.08. The molecule has 2 nitrogen and oxygen atoms in total. The van der Waals surface area contributed by atoms with Gasteiger partial charge < -0.3 is 5.32 Å². The van der Waals surface area contributed by atoms with Gasteiger partial charge in [-0.15, -0.1) is 0 Å². The van der Waals surface area contributed by atoms with Gasteiger partial charge in [0.05, 0.1) is 5.69 Å². The molecule has 90 valence electrons. The molecule has 1 aromatic rings. The van der Waals surface area contributed by atoms with Crippen LogP contribution in [-0.4, -0.2) is 6.54 Å². The van der Waals surface area contributed by atoms with Crippen LogP contribution in [0.1, 0.15) is 37.7 Å². The van der Waals surface area contributed by atoms with Crippen molar-refractivity contribution in [1.29, 1.82) is 5.26 Å². The van der Waals surface area contributed by atoms with Crippen LogP contribution in [0.3, 0.4) is 0 Å². The van der Waals surface area contributed by atoms with Crippen LogP contribution in [-0.2, 0) is 0 Å². The van der Waals surface area contributed by atoms with Crippen LogP contribution in [0, 0.1) is 23.1 Å². The topological polar surface area (TPSA) is 35.8 Å². The van der Waals surface area contributed by atoms with E-state index >= 15 is 0 Å². The molecule has 0 unspecified atom stereocenters. The fourth-order valence-electron chi connectivity index (χ4n) is 2.50. The number of halogens is 1. The van der Waals surface area contributed by atoms with Crippen molar-refractivity contribution in [2.75, 3.05) is 11.9 Å². The van der Waals surface area contributed by atoms with Crippen LogP contribution in [0.25, 0.3) is 0 Å². The zero-order valence-electron chi connectivity index (χ0n) is 9.88. The zero-order chi connectivity index (χ0) is 12.1. The maximum atomic E-state index is 13.3. The lowest BCUT2D eigenvalue weighted by Gasteiger charge is -2.11. The van der Waals surface area contributed by atoms with Gasteiger partial charge in [-0.2, -0.15) is 5.26 Å². The molecule has 1 saturated carbocycles. The van der Waals surface area contributed by atoms with Crippen molar-refractivity contribution in [3.63, 3.8) is 0 Å². The van der Waals surface area contributed by atoms with Gasteiger partial charge in [-0.25, -0.2) is 4.39 Å². The fourth-order valence-corrected chi connectivity index (χ4v) is 2.50. The zero-order valence-corrected chi connectivity index (χ0v) is 9.88. The molecule has 0 aromatic heterocycles. The largest absolute Gasteiger partial charge is 0.384 e. The Morgan fingerprint density at radius 1 is 1.35 bits per heavy atom. The lowest BCUT2D eigenvalue weighted by atomic mass is 10.0. The normalized spacial score (nSPS) is 15.8. The summed E-state index contributed by atoms with van der Waals surface area (Å²) in [7, 11) is 0. The van der Waals surface area contributed by atoms with E-state index in [2.05, 4.69) is 5.32 Å². The summed E-state index contributed by atoms with van der Waals surface area (Å²) in [5, 5.41) is 12.0. The molecule has 1 fully saturated rings. The molecule has 0 radical (unpaired) electrons. The standard InChI is InChI=1S/C14H17FN2/c15-13-6-3-7-14(12(13)10-16)17-9-8-11-4-1-2-5-11/h3,6-7,11,17H,1-2,4-5,8-9H2. The van der Waals surface area contributed by atoms with Gasteiger partial charge in [0.15, 0.2) is 0 Å². The van der Waals surface area contributed by atoms with Crippen molar-refractivity contribution in [3.8, 4) is 6.07 Å². The van der Waals surface area contributed by atoms with Gasteiger partial charge in [0.1, 0.15) is 17.4 Å². The minimum atomic E-state index is -0.446. The molecule has 1 aliphatic rings. The molecule has 17 heavy (non-hydrogen) atoms. The maximum absolute atomic E-state index is 13.3. The minimum Gasteiger partial charge on any atom is -0.384 e. The Morgan fingerprint density at radius 3 is 2.82 bits per heavy atom. The molecule has 1 aromatic carbocycles. The van der Waals surface area contributed by atoms with Gasteiger partial charge in [-0.05, 0) is 24.5 Å². The fraction of sp³-hybridized carbons (Fsp3) is 0.500. The molecule has 0 bridgehead atoms. The molecule has 0 amide bonds. The SMILES string of the molecule is N#Cc1c(F)cccc1NCCC1CCCC1. The first-order chi connectivity index (χ1) is 8.31. The Balaban J connectivity index is 1.90. The summed E-state index contributed by atoms with van der Waals surface area (Å²) in [4.78, 5) is 0. The first-order valence-electron chi connectivity index (χ1n) is 6.23. The number of rotatable bonds is 4. The molecule has 0 heterocycles. The van der Waals surface area contributed by atoms with Crippen molar-refractivity contribution < 1.29 is 4.39 Å². The summed E-state index contributed by atoms with van der Waals surface area (Å²) < 4.78 is 13.3. The van der Waals surface area contributed by atoms with E-state index in [4.69, 9.17) is 5.26 Å². The second-order valence-corrected chi connectivity index (χ2v) is 4.64. The van der Waals surface area contributed by atoms with Crippen LogP contribution in [0.4, 0.5) is 10.1 Å². The van der Waals surface area contributed by atoms with Crippen LogP contribution in [0.15, 0.2) is 18.2 Å². The average Bonchev–Trinajstić information content (AvgIpc) is 2.82. The van der Waals surface area contributed by atoms with E-state index in [9.17, 15) is 4.39 Å². The highest BCUT2D eigenvalue weighted by Crippen LogP contribution is 2.27. The highest BCUT2D eigenvalue weighted by atomic mass is 19.1. The Bertz CT molecular complexity index is 417. The number of nitriles is 1. The minimum absolute atomic E-state index is 0.124. The number of anilines is 1. The van der Waals surface area contributed by atoms with Crippen molar-refractivity contribution in [1.82, 2.24) is 0 Å². The van der Waals surface area contributed by atoms with Crippen LogP contribution >= 0.6 is 0 Å². The average molecular weight is 232 g/mol. The lowest BCUT2D eigenvalue weighted by molar-refractivity contribution is 0.518. The third kappa shape index (κ3) is 2.97. The van der Waals surface area contributed by atoms with Gasteiger partial charge in [-0.3, -0.25) is 0 Å². The molecule has 0 spiro atoms. The monoisotopic (exact) mass is 232 g/mol. The van der Waals surface area contributed by atoms with Crippen molar-refractivity contribution >= 4 is 5.69 Å². The number of benzene rings is 1. The summed E-state index contributed by atoms with van der Waals surface area (Å²) >= 11 is 0. The summed E-state index contributed by atoms with van der Waals surface area (Å²) in [6, 6.07) is 6.62. The predicted molar refractivity (Wildman–Crippen MR) is 66.2 cm³/mol. The third-order valence-corrected chi connectivity index (χ3v) is 3.47. The Labute approximate surface area is 101 Å². The van der Waals surface area contributed by atoms with Crippen molar-refractivity contribution in [2.45, 2.75) is 32.1 Å². The first-order valence-corrected chi connectivity index (χ1v) is 6.23. The highest BCUT2D eigenvalue weighted by Gasteiger charge is 2.14. The Morgan fingerprint density at radius 2 is 2.12 bits per heavy atom. The summed E-state index contributed by atoms with van der Waals surface area (Å²) in [6.45, 7) is 0.822. The number of hydrogen-bond donors (Lipinski definition) is 1.